The second-order valence-corrected chi connectivity index (χ2v) is 9.14. The maximum Gasteiger partial charge on any atom is 0.341 e. The Labute approximate surface area is 217 Å². The van der Waals surface area contributed by atoms with E-state index in [2.05, 4.69) is 0 Å². The van der Waals surface area contributed by atoms with Gasteiger partial charge in [-0.25, -0.2) is 9.79 Å². The van der Waals surface area contributed by atoms with Crippen LogP contribution >= 0.6 is 0 Å². The van der Waals surface area contributed by atoms with Gasteiger partial charge in [0, 0.05) is 24.3 Å². The predicted octanol–water partition coefficient (Wildman–Crippen LogP) is 6.43. The Balaban J connectivity index is 1.58. The van der Waals surface area contributed by atoms with E-state index in [1.54, 1.807) is 12.2 Å². The van der Waals surface area contributed by atoms with Gasteiger partial charge in [-0.05, 0) is 34.9 Å². The topological polar surface area (TPSA) is 55.7 Å². The zero-order chi connectivity index (χ0) is 25.5. The third kappa shape index (κ3) is 5.49. The van der Waals surface area contributed by atoms with Crippen LogP contribution in [0.3, 0.4) is 0 Å². The number of rotatable bonds is 9. The molecule has 4 aromatic carbocycles. The second kappa shape index (κ2) is 11.0. The Morgan fingerprint density at radius 1 is 0.784 bits per heavy atom. The van der Waals surface area contributed by atoms with Gasteiger partial charge in [0.2, 0.25) is 5.90 Å². The minimum atomic E-state index is -1.29. The maximum absolute atomic E-state index is 13.8. The van der Waals surface area contributed by atoms with Crippen molar-refractivity contribution in [1.29, 1.82) is 0 Å². The van der Waals surface area contributed by atoms with Crippen molar-refractivity contribution >= 4 is 23.7 Å². The number of hydrogen-bond acceptors (Lipinski definition) is 4. The molecule has 0 amide bonds. The van der Waals surface area contributed by atoms with Crippen LogP contribution in [-0.2, 0) is 20.7 Å². The Hall–Kier alpha value is -4.57. The first-order valence-corrected chi connectivity index (χ1v) is 12.4. The van der Waals surface area contributed by atoms with Crippen molar-refractivity contribution in [1.82, 2.24) is 0 Å². The monoisotopic (exact) mass is 485 g/mol. The molecule has 1 aliphatic rings. The van der Waals surface area contributed by atoms with Gasteiger partial charge < -0.3 is 4.74 Å². The number of nitrogens with zero attached hydrogens (tertiary/aromatic N) is 1. The number of carbonyl (C=O) groups excluding carboxylic acids is 2. The first-order valence-electron chi connectivity index (χ1n) is 12.4. The minimum absolute atomic E-state index is 0.0821. The summed E-state index contributed by atoms with van der Waals surface area (Å²) < 4.78 is 5.83. The maximum atomic E-state index is 13.8. The summed E-state index contributed by atoms with van der Waals surface area (Å²) in [6.07, 6.45) is 3.82. The molecule has 1 aliphatic heterocycles. The fourth-order valence-electron chi connectivity index (χ4n) is 4.76. The molecular formula is C33H27NO3. The zero-order valence-corrected chi connectivity index (χ0v) is 20.4. The number of allylic oxidation sites excluding steroid dienone is 1. The minimum Gasteiger partial charge on any atom is -0.405 e. The quantitative estimate of drug-likeness (QED) is 0.203. The number of ether oxygens (including phenoxy) is 1. The summed E-state index contributed by atoms with van der Waals surface area (Å²) in [6, 6.07) is 38.6. The third-order valence-corrected chi connectivity index (χ3v) is 6.63. The molecular weight excluding hydrogens is 458 g/mol. The predicted molar refractivity (Wildman–Crippen MR) is 146 cm³/mol. The van der Waals surface area contributed by atoms with Crippen LogP contribution in [0.1, 0.15) is 34.6 Å². The van der Waals surface area contributed by atoms with E-state index in [1.807, 2.05) is 121 Å². The molecule has 0 aliphatic carbocycles. The Kier molecular flexibility index (Phi) is 7.18. The Bertz CT molecular complexity index is 1410. The van der Waals surface area contributed by atoms with Crippen LogP contribution in [0.5, 0.6) is 0 Å². The molecule has 0 unspecified atom stereocenters. The molecule has 0 saturated carbocycles. The SMILES string of the molecule is O=C(/C=C/c1ccccc1)C[C@H](c1ccccc1)[C@@]1(Cc2ccccc2)N=C(c2ccccc2)OC1=O. The molecule has 0 N–H and O–H groups in total. The van der Waals surface area contributed by atoms with E-state index in [9.17, 15) is 9.59 Å². The van der Waals surface area contributed by atoms with Crippen LogP contribution in [0.4, 0.5) is 0 Å². The normalized spacial score (nSPS) is 17.8. The van der Waals surface area contributed by atoms with Crippen molar-refractivity contribution in [3.8, 4) is 0 Å². The van der Waals surface area contributed by atoms with Gasteiger partial charge in [0.1, 0.15) is 0 Å². The largest absolute Gasteiger partial charge is 0.405 e. The molecule has 5 rings (SSSR count). The average molecular weight is 486 g/mol. The van der Waals surface area contributed by atoms with E-state index in [4.69, 9.17) is 9.73 Å². The van der Waals surface area contributed by atoms with Crippen molar-refractivity contribution in [2.24, 2.45) is 4.99 Å². The molecule has 1 heterocycles. The lowest BCUT2D eigenvalue weighted by atomic mass is 9.73. The molecule has 0 spiro atoms. The van der Waals surface area contributed by atoms with E-state index in [-0.39, 0.29) is 18.1 Å². The van der Waals surface area contributed by atoms with Crippen LogP contribution in [0, 0.1) is 0 Å². The van der Waals surface area contributed by atoms with Gasteiger partial charge in [0.15, 0.2) is 11.3 Å². The van der Waals surface area contributed by atoms with Crippen molar-refractivity contribution in [3.05, 3.63) is 150 Å². The van der Waals surface area contributed by atoms with E-state index >= 15 is 0 Å². The van der Waals surface area contributed by atoms with Crippen LogP contribution in [-0.4, -0.2) is 23.2 Å². The fourth-order valence-corrected chi connectivity index (χ4v) is 4.76. The fraction of sp³-hybridized carbons (Fsp3) is 0.121. The number of carbonyl (C=O) groups is 2. The van der Waals surface area contributed by atoms with Crippen LogP contribution in [0.25, 0.3) is 6.08 Å². The summed E-state index contributed by atoms with van der Waals surface area (Å²) in [5.41, 5.74) is 2.20. The molecule has 0 bridgehead atoms. The van der Waals surface area contributed by atoms with Gasteiger partial charge in [-0.3, -0.25) is 4.79 Å². The van der Waals surface area contributed by atoms with Gasteiger partial charge in [0.05, 0.1) is 0 Å². The smallest absolute Gasteiger partial charge is 0.341 e. The van der Waals surface area contributed by atoms with E-state index < -0.39 is 17.4 Å². The first kappa shape index (κ1) is 24.1. The molecule has 37 heavy (non-hydrogen) atoms. The summed E-state index contributed by atoms with van der Waals surface area (Å²) >= 11 is 0. The van der Waals surface area contributed by atoms with Crippen molar-refractivity contribution in [2.75, 3.05) is 0 Å². The lowest BCUT2D eigenvalue weighted by Crippen LogP contribution is -2.43. The van der Waals surface area contributed by atoms with Gasteiger partial charge in [-0.15, -0.1) is 0 Å². The van der Waals surface area contributed by atoms with E-state index in [1.165, 1.54) is 0 Å². The number of ketones is 1. The molecule has 0 fully saturated rings. The van der Waals surface area contributed by atoms with E-state index in [0.717, 1.165) is 22.3 Å². The molecule has 4 heteroatoms. The summed E-state index contributed by atoms with van der Waals surface area (Å²) in [5.74, 6) is -0.754. The molecule has 0 saturated heterocycles. The highest BCUT2D eigenvalue weighted by Gasteiger charge is 2.53. The molecule has 0 aromatic heterocycles. The summed E-state index contributed by atoms with van der Waals surface area (Å²) in [5, 5.41) is 0. The van der Waals surface area contributed by atoms with Crippen molar-refractivity contribution in [2.45, 2.75) is 24.3 Å². The molecule has 0 radical (unpaired) electrons. The highest BCUT2D eigenvalue weighted by molar-refractivity contribution is 6.09. The molecule has 4 nitrogen and oxygen atoms in total. The summed E-state index contributed by atoms with van der Waals surface area (Å²) in [6.45, 7) is 0. The van der Waals surface area contributed by atoms with E-state index in [0.29, 0.717) is 6.42 Å². The second-order valence-electron chi connectivity index (χ2n) is 9.14. The van der Waals surface area contributed by atoms with Gasteiger partial charge in [-0.2, -0.15) is 0 Å². The number of cyclic esters (lactones) is 1. The number of hydrogen-bond donors (Lipinski definition) is 0. The molecule has 2 atom stereocenters. The number of aliphatic imine (C=N–C) groups is 1. The van der Waals surface area contributed by atoms with Crippen molar-refractivity contribution in [3.63, 3.8) is 0 Å². The summed E-state index contributed by atoms with van der Waals surface area (Å²) in [7, 11) is 0. The molecule has 182 valence electrons. The van der Waals surface area contributed by atoms with Gasteiger partial charge in [-0.1, -0.05) is 115 Å². The summed E-state index contributed by atoms with van der Waals surface area (Å²) in [4.78, 5) is 32.1. The van der Waals surface area contributed by atoms with Crippen LogP contribution in [0.2, 0.25) is 0 Å². The third-order valence-electron chi connectivity index (χ3n) is 6.63. The lowest BCUT2D eigenvalue weighted by molar-refractivity contribution is -0.140. The highest BCUT2D eigenvalue weighted by Crippen LogP contribution is 2.42. The van der Waals surface area contributed by atoms with Crippen LogP contribution < -0.4 is 0 Å². The standard InChI is InChI=1S/C33H27NO3/c35-29(22-21-25-13-5-1-6-14-25)23-30(27-17-9-3-10-18-27)33(24-26-15-7-2-8-16-26)32(36)37-31(34-33)28-19-11-4-12-20-28/h1-22,30H,23-24H2/b22-21+/t30-,33-/m1/s1. The lowest BCUT2D eigenvalue weighted by Gasteiger charge is -2.31. The van der Waals surface area contributed by atoms with Gasteiger partial charge in [0.25, 0.3) is 0 Å². The van der Waals surface area contributed by atoms with Crippen molar-refractivity contribution < 1.29 is 14.3 Å². The molecule has 4 aromatic rings. The first-order chi connectivity index (χ1) is 18.1. The number of esters is 1. The van der Waals surface area contributed by atoms with Gasteiger partial charge >= 0.3 is 5.97 Å². The zero-order valence-electron chi connectivity index (χ0n) is 20.4. The highest BCUT2D eigenvalue weighted by atomic mass is 16.6. The van der Waals surface area contributed by atoms with Crippen LogP contribution in [0.15, 0.2) is 132 Å². The Morgan fingerprint density at radius 3 is 2.00 bits per heavy atom. The number of benzene rings is 4. The Morgan fingerprint density at radius 2 is 1.35 bits per heavy atom. The average Bonchev–Trinajstić information content (AvgIpc) is 3.29.